The Bertz CT molecular complexity index is 1260. The lowest BCUT2D eigenvalue weighted by Gasteiger charge is -2.15. The first kappa shape index (κ1) is 22.0. The summed E-state index contributed by atoms with van der Waals surface area (Å²) in [5.41, 5.74) is 3.70. The largest absolute Gasteiger partial charge is 0.490 e. The molecule has 1 aromatic heterocycles. The quantitative estimate of drug-likeness (QED) is 0.207. The predicted octanol–water partition coefficient (Wildman–Crippen LogP) is 6.96. The number of aromatic amines is 1. The van der Waals surface area contributed by atoms with Gasteiger partial charge in [-0.05, 0) is 76.1 Å². The third-order valence-electron chi connectivity index (χ3n) is 4.54. The summed E-state index contributed by atoms with van der Waals surface area (Å²) in [5, 5.41) is 10.4. The number of H-pyrrole nitrogens is 1. The normalized spacial score (nSPS) is 11.3. The Morgan fingerprint density at radius 1 is 1.12 bits per heavy atom. The maximum atomic E-state index is 9.68. The zero-order valence-corrected chi connectivity index (χ0v) is 19.7. The van der Waals surface area contributed by atoms with Crippen molar-refractivity contribution in [1.82, 2.24) is 9.97 Å². The Balaban J connectivity index is 1.58. The van der Waals surface area contributed by atoms with Crippen LogP contribution in [0, 0.1) is 11.3 Å². The highest BCUT2D eigenvalue weighted by molar-refractivity contribution is 9.10. The number of benzene rings is 3. The van der Waals surface area contributed by atoms with Crippen LogP contribution < -0.4 is 9.47 Å². The summed E-state index contributed by atoms with van der Waals surface area (Å²) in [7, 11) is 0. The second-order valence-corrected chi connectivity index (χ2v) is 8.70. The summed E-state index contributed by atoms with van der Waals surface area (Å²) in [6.45, 7) is 2.86. The van der Waals surface area contributed by atoms with Crippen molar-refractivity contribution in [2.75, 3.05) is 6.61 Å². The van der Waals surface area contributed by atoms with Crippen molar-refractivity contribution in [1.29, 1.82) is 5.26 Å². The van der Waals surface area contributed by atoms with E-state index in [0.29, 0.717) is 34.8 Å². The molecule has 0 spiro atoms. The van der Waals surface area contributed by atoms with Gasteiger partial charge < -0.3 is 14.5 Å². The fourth-order valence-corrected chi connectivity index (χ4v) is 4.45. The van der Waals surface area contributed by atoms with Gasteiger partial charge in [-0.15, -0.1) is 0 Å². The number of para-hydroxylation sites is 2. The highest BCUT2D eigenvalue weighted by Crippen LogP contribution is 2.39. The van der Waals surface area contributed by atoms with Crippen molar-refractivity contribution in [2.45, 2.75) is 18.7 Å². The molecule has 160 valence electrons. The number of fused-ring (bicyclic) bond motifs is 1. The van der Waals surface area contributed by atoms with Gasteiger partial charge in [0.25, 0.3) is 0 Å². The molecule has 1 heterocycles. The van der Waals surface area contributed by atoms with Gasteiger partial charge in [-0.3, -0.25) is 0 Å². The molecule has 3 aromatic carbocycles. The highest BCUT2D eigenvalue weighted by atomic mass is 79.9. The maximum absolute atomic E-state index is 9.68. The van der Waals surface area contributed by atoms with E-state index in [1.54, 1.807) is 0 Å². The molecule has 0 aliphatic rings. The molecule has 0 radical (unpaired) electrons. The van der Waals surface area contributed by atoms with E-state index in [0.717, 1.165) is 26.6 Å². The lowest BCUT2D eigenvalue weighted by molar-refractivity contribution is 0.267. The molecule has 4 aromatic rings. The van der Waals surface area contributed by atoms with E-state index in [1.165, 1.54) is 11.8 Å². The van der Waals surface area contributed by atoms with Crippen molar-refractivity contribution in [2.24, 2.45) is 0 Å². The molecule has 7 heteroatoms. The van der Waals surface area contributed by atoms with Gasteiger partial charge in [0.15, 0.2) is 16.7 Å². The molecule has 0 unspecified atom stereocenters. The van der Waals surface area contributed by atoms with Crippen LogP contribution in [0.2, 0.25) is 0 Å². The summed E-state index contributed by atoms with van der Waals surface area (Å²) in [6, 6.07) is 23.8. The van der Waals surface area contributed by atoms with Crippen molar-refractivity contribution in [3.05, 3.63) is 87.2 Å². The third kappa shape index (κ3) is 5.34. The molecule has 0 saturated heterocycles. The molecule has 0 saturated carbocycles. The van der Waals surface area contributed by atoms with Gasteiger partial charge in [0.1, 0.15) is 12.7 Å². The minimum Gasteiger partial charge on any atom is -0.490 e. The molecule has 4 rings (SSSR count). The van der Waals surface area contributed by atoms with Crippen molar-refractivity contribution in [3.8, 4) is 17.6 Å². The smallest absolute Gasteiger partial charge is 0.175 e. The predicted molar refractivity (Wildman–Crippen MR) is 132 cm³/mol. The Kier molecular flexibility index (Phi) is 7.15. The van der Waals surface area contributed by atoms with Crippen LogP contribution in [0.5, 0.6) is 11.5 Å². The molecular formula is C25H20BrN3O2S. The van der Waals surface area contributed by atoms with Gasteiger partial charge in [0.2, 0.25) is 0 Å². The second kappa shape index (κ2) is 10.4. The van der Waals surface area contributed by atoms with E-state index in [4.69, 9.17) is 9.47 Å². The molecule has 0 amide bonds. The van der Waals surface area contributed by atoms with E-state index < -0.39 is 0 Å². The number of allylic oxidation sites excluding steroid dienone is 1. The fraction of sp³-hybridized carbons (Fsp3) is 0.120. The summed E-state index contributed by atoms with van der Waals surface area (Å²) in [6.07, 6.45) is 1.81. The standard InChI is InChI=1S/C25H20BrN3O2S/c1-2-30-23-14-18(13-20(26)24(23)31-16-17-8-4-3-5-9-17)12-19(15-27)32-25-28-21-10-6-7-11-22(21)29-25/h3-14H,2,16H2,1H3,(H,28,29)/b19-12+. The van der Waals surface area contributed by atoms with Gasteiger partial charge in [-0.25, -0.2) is 4.98 Å². The monoisotopic (exact) mass is 505 g/mol. The Morgan fingerprint density at radius 2 is 1.91 bits per heavy atom. The minimum absolute atomic E-state index is 0.431. The molecule has 5 nitrogen and oxygen atoms in total. The van der Waals surface area contributed by atoms with Crippen LogP contribution in [-0.4, -0.2) is 16.6 Å². The number of aromatic nitrogens is 2. The SMILES string of the molecule is CCOc1cc(/C=C(\C#N)Sc2nc3ccccc3[nH]2)cc(Br)c1OCc1ccccc1. The number of nitrogens with zero attached hydrogens (tertiary/aromatic N) is 2. The average molecular weight is 506 g/mol. The molecule has 0 fully saturated rings. The van der Waals surface area contributed by atoms with Crippen molar-refractivity contribution >= 4 is 44.8 Å². The fourth-order valence-electron chi connectivity index (χ4n) is 3.12. The number of nitriles is 1. The van der Waals surface area contributed by atoms with Crippen LogP contribution in [0.4, 0.5) is 0 Å². The van der Waals surface area contributed by atoms with Crippen LogP contribution >= 0.6 is 27.7 Å². The van der Waals surface area contributed by atoms with Gasteiger partial charge in [0, 0.05) is 0 Å². The van der Waals surface area contributed by atoms with E-state index in [1.807, 2.05) is 79.7 Å². The first-order chi connectivity index (χ1) is 15.7. The number of hydrogen-bond acceptors (Lipinski definition) is 5. The summed E-state index contributed by atoms with van der Waals surface area (Å²) >= 11 is 4.89. The average Bonchev–Trinajstić information content (AvgIpc) is 3.21. The van der Waals surface area contributed by atoms with Gasteiger partial charge >= 0.3 is 0 Å². The Hall–Kier alpha value is -3.21. The number of nitrogens with one attached hydrogen (secondary N) is 1. The number of thioether (sulfide) groups is 1. The summed E-state index contributed by atoms with van der Waals surface area (Å²) < 4.78 is 12.6. The topological polar surface area (TPSA) is 70.9 Å². The Morgan fingerprint density at radius 3 is 2.66 bits per heavy atom. The van der Waals surface area contributed by atoms with Gasteiger partial charge in [0.05, 0.1) is 27.0 Å². The number of rotatable bonds is 8. The van der Waals surface area contributed by atoms with E-state index >= 15 is 0 Å². The zero-order valence-electron chi connectivity index (χ0n) is 17.3. The number of imidazole rings is 1. The van der Waals surface area contributed by atoms with E-state index in [2.05, 4.69) is 32.0 Å². The minimum atomic E-state index is 0.431. The number of ether oxygens (including phenoxy) is 2. The van der Waals surface area contributed by atoms with Crippen LogP contribution in [0.3, 0.4) is 0 Å². The number of hydrogen-bond donors (Lipinski definition) is 1. The molecule has 0 aliphatic carbocycles. The van der Waals surface area contributed by atoms with E-state index in [9.17, 15) is 5.26 Å². The highest BCUT2D eigenvalue weighted by Gasteiger charge is 2.13. The van der Waals surface area contributed by atoms with Crippen LogP contribution in [-0.2, 0) is 6.61 Å². The maximum Gasteiger partial charge on any atom is 0.175 e. The first-order valence-electron chi connectivity index (χ1n) is 10.0. The zero-order chi connectivity index (χ0) is 22.3. The Labute approximate surface area is 199 Å². The van der Waals surface area contributed by atoms with Crippen LogP contribution in [0.15, 0.2) is 81.3 Å². The molecule has 0 bridgehead atoms. The molecule has 32 heavy (non-hydrogen) atoms. The van der Waals surface area contributed by atoms with Crippen molar-refractivity contribution in [3.63, 3.8) is 0 Å². The van der Waals surface area contributed by atoms with Crippen LogP contribution in [0.1, 0.15) is 18.1 Å². The van der Waals surface area contributed by atoms with Crippen LogP contribution in [0.25, 0.3) is 17.1 Å². The van der Waals surface area contributed by atoms with Gasteiger partial charge in [-0.2, -0.15) is 5.26 Å². The third-order valence-corrected chi connectivity index (χ3v) is 5.94. The molecule has 0 atom stereocenters. The lowest BCUT2D eigenvalue weighted by Crippen LogP contribution is -2.01. The summed E-state index contributed by atoms with van der Waals surface area (Å²) in [4.78, 5) is 8.28. The summed E-state index contributed by atoms with van der Waals surface area (Å²) in [5.74, 6) is 1.26. The molecule has 0 aliphatic heterocycles. The second-order valence-electron chi connectivity index (χ2n) is 6.82. The van der Waals surface area contributed by atoms with Crippen molar-refractivity contribution < 1.29 is 9.47 Å². The number of halogens is 1. The first-order valence-corrected chi connectivity index (χ1v) is 11.6. The van der Waals surface area contributed by atoms with E-state index in [-0.39, 0.29) is 0 Å². The lowest BCUT2D eigenvalue weighted by atomic mass is 10.2. The molecular weight excluding hydrogens is 486 g/mol. The molecule has 1 N–H and O–H groups in total. The van der Waals surface area contributed by atoms with Gasteiger partial charge in [-0.1, -0.05) is 42.5 Å².